The van der Waals surface area contributed by atoms with Crippen molar-refractivity contribution in [3.63, 3.8) is 0 Å². The van der Waals surface area contributed by atoms with Crippen LogP contribution in [-0.4, -0.2) is 30.6 Å². The van der Waals surface area contributed by atoms with Crippen molar-refractivity contribution in [3.8, 4) is 0 Å². The van der Waals surface area contributed by atoms with E-state index < -0.39 is 10.7 Å². The number of piperidine rings is 1. The average Bonchev–Trinajstić information content (AvgIpc) is 3.31. The number of hydrogen-bond acceptors (Lipinski definition) is 4. The summed E-state index contributed by atoms with van der Waals surface area (Å²) >= 11 is 0. The van der Waals surface area contributed by atoms with Gasteiger partial charge < -0.3 is 10.2 Å². The monoisotopic (exact) mass is 293 g/mol. The molecule has 2 aliphatic rings. The molecule has 0 radical (unpaired) electrons. The number of nitrogens with zero attached hydrogens (tertiary/aromatic N) is 2. The first-order chi connectivity index (χ1) is 10.1. The van der Waals surface area contributed by atoms with Gasteiger partial charge in [0.05, 0.1) is 11.0 Å². The number of nitrogens with one attached hydrogen (secondary N) is 1. The zero-order valence-corrected chi connectivity index (χ0v) is 11.9. The zero-order valence-electron chi connectivity index (χ0n) is 11.9. The highest BCUT2D eigenvalue weighted by Gasteiger charge is 2.34. The van der Waals surface area contributed by atoms with Gasteiger partial charge in [-0.25, -0.2) is 4.39 Å². The molecule has 5 nitrogen and oxygen atoms in total. The smallest absolute Gasteiger partial charge is 0.295 e. The van der Waals surface area contributed by atoms with Gasteiger partial charge in [0.15, 0.2) is 0 Å². The summed E-state index contributed by atoms with van der Waals surface area (Å²) in [5.41, 5.74) is 0.457. The van der Waals surface area contributed by atoms with E-state index in [1.165, 1.54) is 6.07 Å². The Morgan fingerprint density at radius 2 is 2.00 bits per heavy atom. The van der Waals surface area contributed by atoms with Crippen LogP contribution in [0.25, 0.3) is 0 Å². The lowest BCUT2D eigenvalue weighted by Gasteiger charge is -2.31. The first kappa shape index (κ1) is 14.3. The second kappa shape index (κ2) is 5.97. The molecule has 0 aromatic heterocycles. The molecule has 0 amide bonds. The maximum absolute atomic E-state index is 13.3. The van der Waals surface area contributed by atoms with Crippen molar-refractivity contribution >= 4 is 11.4 Å². The molecule has 1 aliphatic heterocycles. The van der Waals surface area contributed by atoms with Crippen LogP contribution >= 0.6 is 0 Å². The Morgan fingerprint density at radius 3 is 2.62 bits per heavy atom. The van der Waals surface area contributed by atoms with Crippen molar-refractivity contribution in [2.24, 2.45) is 5.92 Å². The highest BCUT2D eigenvalue weighted by atomic mass is 19.1. The first-order valence-corrected chi connectivity index (χ1v) is 7.56. The topological polar surface area (TPSA) is 58.4 Å². The third kappa shape index (κ3) is 3.32. The molecule has 2 fully saturated rings. The molecule has 21 heavy (non-hydrogen) atoms. The summed E-state index contributed by atoms with van der Waals surface area (Å²) in [5, 5.41) is 14.5. The SMILES string of the molecule is O=[N+]([O-])c1cc(F)ccc1N(CC1CCNCC1)C1CC1. The second-order valence-electron chi connectivity index (χ2n) is 5.97. The third-order valence-corrected chi connectivity index (χ3v) is 4.34. The van der Waals surface area contributed by atoms with Gasteiger partial charge in [-0.05, 0) is 56.8 Å². The summed E-state index contributed by atoms with van der Waals surface area (Å²) in [7, 11) is 0. The molecule has 0 spiro atoms. The largest absolute Gasteiger partial charge is 0.363 e. The highest BCUT2D eigenvalue weighted by molar-refractivity contribution is 5.64. The van der Waals surface area contributed by atoms with Crippen LogP contribution in [0.1, 0.15) is 25.7 Å². The quantitative estimate of drug-likeness (QED) is 0.670. The van der Waals surface area contributed by atoms with Gasteiger partial charge in [-0.2, -0.15) is 0 Å². The first-order valence-electron chi connectivity index (χ1n) is 7.56. The molecule has 1 saturated heterocycles. The van der Waals surface area contributed by atoms with E-state index in [0.717, 1.165) is 51.4 Å². The normalized spacial score (nSPS) is 19.5. The van der Waals surface area contributed by atoms with Crippen molar-refractivity contribution in [1.29, 1.82) is 0 Å². The molecular formula is C15H20FN3O2. The van der Waals surface area contributed by atoms with Crippen LogP contribution in [-0.2, 0) is 0 Å². The lowest BCUT2D eigenvalue weighted by molar-refractivity contribution is -0.384. The predicted octanol–water partition coefficient (Wildman–Crippen LogP) is 2.70. The molecule has 1 N–H and O–H groups in total. The Bertz CT molecular complexity index is 528. The van der Waals surface area contributed by atoms with Gasteiger partial charge in [-0.1, -0.05) is 0 Å². The van der Waals surface area contributed by atoms with Gasteiger partial charge in [0.2, 0.25) is 0 Å². The molecule has 1 aromatic carbocycles. The Balaban J connectivity index is 1.85. The minimum Gasteiger partial charge on any atom is -0.363 e. The van der Waals surface area contributed by atoms with Crippen LogP contribution in [0.15, 0.2) is 18.2 Å². The summed E-state index contributed by atoms with van der Waals surface area (Å²) in [6.45, 7) is 2.85. The molecular weight excluding hydrogens is 273 g/mol. The van der Waals surface area contributed by atoms with Gasteiger partial charge in [0.25, 0.3) is 5.69 Å². The van der Waals surface area contributed by atoms with E-state index in [1.54, 1.807) is 6.07 Å². The van der Waals surface area contributed by atoms with E-state index in [9.17, 15) is 14.5 Å². The van der Waals surface area contributed by atoms with Gasteiger partial charge in [-0.3, -0.25) is 10.1 Å². The average molecular weight is 293 g/mol. The van der Waals surface area contributed by atoms with Crippen molar-refractivity contribution in [1.82, 2.24) is 5.32 Å². The van der Waals surface area contributed by atoms with Crippen LogP contribution in [0.5, 0.6) is 0 Å². The second-order valence-corrected chi connectivity index (χ2v) is 5.97. The summed E-state index contributed by atoms with van der Waals surface area (Å²) in [6.07, 6.45) is 4.33. The molecule has 1 heterocycles. The minimum absolute atomic E-state index is 0.115. The van der Waals surface area contributed by atoms with E-state index >= 15 is 0 Å². The summed E-state index contributed by atoms with van der Waals surface area (Å²) < 4.78 is 13.3. The highest BCUT2D eigenvalue weighted by Crippen LogP contribution is 2.38. The lowest BCUT2D eigenvalue weighted by atomic mass is 9.97. The number of rotatable bonds is 5. The molecule has 1 aliphatic carbocycles. The van der Waals surface area contributed by atoms with E-state index in [4.69, 9.17) is 0 Å². The number of nitro benzene ring substituents is 1. The molecule has 6 heteroatoms. The molecule has 1 aromatic rings. The fourth-order valence-corrected chi connectivity index (χ4v) is 3.06. The van der Waals surface area contributed by atoms with Crippen LogP contribution in [0, 0.1) is 21.8 Å². The summed E-state index contributed by atoms with van der Waals surface area (Å²) in [4.78, 5) is 12.9. The van der Waals surface area contributed by atoms with Crippen LogP contribution < -0.4 is 10.2 Å². The van der Waals surface area contributed by atoms with Crippen LogP contribution in [0.4, 0.5) is 15.8 Å². The fourth-order valence-electron chi connectivity index (χ4n) is 3.06. The van der Waals surface area contributed by atoms with Crippen molar-refractivity contribution in [2.75, 3.05) is 24.5 Å². The summed E-state index contributed by atoms with van der Waals surface area (Å²) in [5.74, 6) is -0.000398. The zero-order chi connectivity index (χ0) is 14.8. The van der Waals surface area contributed by atoms with E-state index in [-0.39, 0.29) is 5.69 Å². The molecule has 0 atom stereocenters. The molecule has 0 unspecified atom stereocenters. The van der Waals surface area contributed by atoms with Crippen molar-refractivity contribution in [2.45, 2.75) is 31.7 Å². The molecule has 0 bridgehead atoms. The van der Waals surface area contributed by atoms with E-state index in [2.05, 4.69) is 10.2 Å². The number of nitro groups is 1. The maximum Gasteiger partial charge on any atom is 0.295 e. The number of anilines is 1. The fraction of sp³-hybridized carbons (Fsp3) is 0.600. The Morgan fingerprint density at radius 1 is 1.29 bits per heavy atom. The predicted molar refractivity (Wildman–Crippen MR) is 79.0 cm³/mol. The van der Waals surface area contributed by atoms with Crippen molar-refractivity contribution in [3.05, 3.63) is 34.1 Å². The maximum atomic E-state index is 13.3. The molecule has 114 valence electrons. The summed E-state index contributed by atoms with van der Waals surface area (Å²) in [6, 6.07) is 4.30. The Labute approximate surface area is 123 Å². The van der Waals surface area contributed by atoms with E-state index in [0.29, 0.717) is 17.6 Å². The number of hydrogen-bond donors (Lipinski definition) is 1. The van der Waals surface area contributed by atoms with Gasteiger partial charge in [0.1, 0.15) is 11.5 Å². The number of halogens is 1. The third-order valence-electron chi connectivity index (χ3n) is 4.34. The Kier molecular flexibility index (Phi) is 4.05. The lowest BCUT2D eigenvalue weighted by Crippen LogP contribution is -2.37. The molecule has 1 saturated carbocycles. The van der Waals surface area contributed by atoms with Gasteiger partial charge >= 0.3 is 0 Å². The van der Waals surface area contributed by atoms with Gasteiger partial charge in [0, 0.05) is 12.6 Å². The number of benzene rings is 1. The van der Waals surface area contributed by atoms with Crippen LogP contribution in [0.2, 0.25) is 0 Å². The van der Waals surface area contributed by atoms with Crippen molar-refractivity contribution < 1.29 is 9.31 Å². The minimum atomic E-state index is -0.553. The standard InChI is InChI=1S/C15H20FN3O2/c16-12-1-4-14(15(9-12)19(20)21)18(13-2-3-13)10-11-5-7-17-8-6-11/h1,4,9,11,13,17H,2-3,5-8,10H2. The van der Waals surface area contributed by atoms with Crippen LogP contribution in [0.3, 0.4) is 0 Å². The van der Waals surface area contributed by atoms with Gasteiger partial charge in [-0.15, -0.1) is 0 Å². The Hall–Kier alpha value is -1.69. The van der Waals surface area contributed by atoms with E-state index in [1.807, 2.05) is 0 Å². The molecule has 3 rings (SSSR count).